The quantitative estimate of drug-likeness (QED) is 0.451. The number of carbonyl (C=O) groups excluding carboxylic acids is 1. The Morgan fingerprint density at radius 2 is 1.96 bits per heavy atom. The normalized spacial score (nSPS) is 10.9. The summed E-state index contributed by atoms with van der Waals surface area (Å²) in [5.74, 6) is 0.494. The van der Waals surface area contributed by atoms with Crippen LogP contribution in [-0.4, -0.2) is 23.7 Å². The van der Waals surface area contributed by atoms with E-state index in [4.69, 9.17) is 10.5 Å². The fourth-order valence-corrected chi connectivity index (χ4v) is 3.40. The predicted molar refractivity (Wildman–Crippen MR) is 113 cm³/mol. The maximum absolute atomic E-state index is 12.2. The molecule has 0 aliphatic carbocycles. The van der Waals surface area contributed by atoms with E-state index in [0.717, 1.165) is 17.7 Å². The Balaban J connectivity index is 1.48. The zero-order valence-corrected chi connectivity index (χ0v) is 16.4. The minimum Gasteiger partial charge on any atom is -0.493 e. The highest BCUT2D eigenvalue weighted by molar-refractivity contribution is 7.17. The van der Waals surface area contributed by atoms with E-state index in [-0.39, 0.29) is 5.91 Å². The Kier molecular flexibility index (Phi) is 6.75. The first-order chi connectivity index (χ1) is 13.7. The first-order valence-corrected chi connectivity index (χ1v) is 9.82. The summed E-state index contributed by atoms with van der Waals surface area (Å²) in [6.45, 7) is 2.54. The third kappa shape index (κ3) is 5.40. The maximum atomic E-state index is 12.2. The molecule has 1 heterocycles. The fourth-order valence-electron chi connectivity index (χ4n) is 2.58. The molecule has 0 aliphatic rings. The highest BCUT2D eigenvalue weighted by Crippen LogP contribution is 2.20. The van der Waals surface area contributed by atoms with Gasteiger partial charge in [0.2, 0.25) is 0 Å². The molecule has 1 amide bonds. The molecule has 7 heteroatoms. The third-order valence-corrected chi connectivity index (χ3v) is 4.94. The maximum Gasteiger partial charge on any atom is 0.283 e. The summed E-state index contributed by atoms with van der Waals surface area (Å²) in [5, 5.41) is 4.39. The molecule has 144 valence electrons. The smallest absolute Gasteiger partial charge is 0.283 e. The summed E-state index contributed by atoms with van der Waals surface area (Å²) < 4.78 is 5.76. The summed E-state index contributed by atoms with van der Waals surface area (Å²) in [6.07, 6.45) is 3.09. The standard InChI is InChI=1S/C21H22N4O2S/c1-2-18-19(28-21(22)24-18)20(26)25-23-14-16-8-10-17(11-9-16)27-13-12-15-6-4-3-5-7-15/h3-11,14H,2,12-13H2,1H3,(H2,22,24)(H,25,26). The van der Waals surface area contributed by atoms with E-state index in [1.807, 2.05) is 49.4 Å². The lowest BCUT2D eigenvalue weighted by molar-refractivity contribution is 0.0958. The number of nitrogens with zero attached hydrogens (tertiary/aromatic N) is 2. The van der Waals surface area contributed by atoms with E-state index in [2.05, 4.69) is 27.6 Å². The number of nitrogens with two attached hydrogens (primary N) is 1. The highest BCUT2D eigenvalue weighted by Gasteiger charge is 2.15. The van der Waals surface area contributed by atoms with E-state index in [0.29, 0.717) is 28.7 Å². The molecule has 0 spiro atoms. The van der Waals surface area contributed by atoms with Gasteiger partial charge in [0, 0.05) is 6.42 Å². The lowest BCUT2D eigenvalue weighted by atomic mass is 10.2. The van der Waals surface area contributed by atoms with Gasteiger partial charge in [0.15, 0.2) is 5.13 Å². The van der Waals surface area contributed by atoms with Crippen molar-refractivity contribution in [3.63, 3.8) is 0 Å². The summed E-state index contributed by atoms with van der Waals surface area (Å²) in [4.78, 5) is 16.8. The topological polar surface area (TPSA) is 89.6 Å². The lowest BCUT2D eigenvalue weighted by Gasteiger charge is -2.06. The summed E-state index contributed by atoms with van der Waals surface area (Å²) in [5.41, 5.74) is 11.0. The van der Waals surface area contributed by atoms with Crippen LogP contribution in [0, 0.1) is 0 Å². The molecule has 0 radical (unpaired) electrons. The second-order valence-corrected chi connectivity index (χ2v) is 7.06. The van der Waals surface area contributed by atoms with Crippen molar-refractivity contribution in [1.29, 1.82) is 0 Å². The Hall–Kier alpha value is -3.19. The van der Waals surface area contributed by atoms with Gasteiger partial charge in [-0.2, -0.15) is 5.10 Å². The van der Waals surface area contributed by atoms with Crippen LogP contribution >= 0.6 is 11.3 Å². The minimum atomic E-state index is -0.303. The van der Waals surface area contributed by atoms with Crippen LogP contribution in [0.2, 0.25) is 0 Å². The molecule has 2 aromatic carbocycles. The van der Waals surface area contributed by atoms with Crippen LogP contribution in [0.15, 0.2) is 59.7 Å². The Bertz CT molecular complexity index is 937. The number of aromatic nitrogens is 1. The van der Waals surface area contributed by atoms with Crippen LogP contribution < -0.4 is 15.9 Å². The number of thiazole rings is 1. The molecule has 0 fully saturated rings. The number of benzene rings is 2. The van der Waals surface area contributed by atoms with Crippen LogP contribution in [0.5, 0.6) is 5.75 Å². The van der Waals surface area contributed by atoms with E-state index in [1.54, 1.807) is 6.21 Å². The molecule has 6 nitrogen and oxygen atoms in total. The fraction of sp³-hybridized carbons (Fsp3) is 0.190. The van der Waals surface area contributed by atoms with Crippen LogP contribution in [0.25, 0.3) is 0 Å². The molecule has 0 saturated heterocycles. The van der Waals surface area contributed by atoms with Gasteiger partial charge in [0.05, 0.1) is 18.5 Å². The van der Waals surface area contributed by atoms with Gasteiger partial charge in [0.25, 0.3) is 5.91 Å². The molecule has 3 N–H and O–H groups in total. The van der Waals surface area contributed by atoms with Gasteiger partial charge >= 0.3 is 0 Å². The summed E-state index contributed by atoms with van der Waals surface area (Å²) in [6, 6.07) is 17.8. The predicted octanol–water partition coefficient (Wildman–Crippen LogP) is 3.67. The average molecular weight is 395 g/mol. The molecule has 28 heavy (non-hydrogen) atoms. The molecular formula is C21H22N4O2S. The number of hydrogen-bond donors (Lipinski definition) is 2. The summed E-state index contributed by atoms with van der Waals surface area (Å²) in [7, 11) is 0. The first-order valence-electron chi connectivity index (χ1n) is 9.01. The molecule has 1 aromatic heterocycles. The molecular weight excluding hydrogens is 372 g/mol. The number of carbonyl (C=O) groups is 1. The van der Waals surface area contributed by atoms with Gasteiger partial charge in [-0.3, -0.25) is 4.79 Å². The van der Waals surface area contributed by atoms with Crippen molar-refractivity contribution in [2.75, 3.05) is 12.3 Å². The Morgan fingerprint density at radius 3 is 2.68 bits per heavy atom. The van der Waals surface area contributed by atoms with Gasteiger partial charge in [-0.05, 0) is 41.8 Å². The molecule has 0 aliphatic heterocycles. The molecule has 0 bridgehead atoms. The number of aryl methyl sites for hydroxylation is 1. The summed E-state index contributed by atoms with van der Waals surface area (Å²) >= 11 is 1.17. The second kappa shape index (κ2) is 9.66. The van der Waals surface area contributed by atoms with Crippen molar-refractivity contribution in [3.05, 3.63) is 76.3 Å². The van der Waals surface area contributed by atoms with Crippen molar-refractivity contribution in [2.45, 2.75) is 19.8 Å². The first kappa shape index (κ1) is 19.6. The van der Waals surface area contributed by atoms with Gasteiger partial charge in [-0.25, -0.2) is 10.4 Å². The van der Waals surface area contributed by atoms with Crippen LogP contribution in [0.4, 0.5) is 5.13 Å². The van der Waals surface area contributed by atoms with E-state index in [9.17, 15) is 4.79 Å². The minimum absolute atomic E-state index is 0.303. The molecule has 3 aromatic rings. The van der Waals surface area contributed by atoms with Crippen molar-refractivity contribution < 1.29 is 9.53 Å². The molecule has 0 saturated carbocycles. The largest absolute Gasteiger partial charge is 0.493 e. The van der Waals surface area contributed by atoms with Gasteiger partial charge < -0.3 is 10.5 Å². The van der Waals surface area contributed by atoms with Crippen molar-refractivity contribution >= 4 is 28.6 Å². The molecule has 0 unspecified atom stereocenters. The van der Waals surface area contributed by atoms with Crippen molar-refractivity contribution in [1.82, 2.24) is 10.4 Å². The number of ether oxygens (including phenoxy) is 1. The van der Waals surface area contributed by atoms with Gasteiger partial charge in [-0.1, -0.05) is 48.6 Å². The number of rotatable bonds is 8. The highest BCUT2D eigenvalue weighted by atomic mass is 32.1. The Labute approximate surface area is 168 Å². The number of hydrogen-bond acceptors (Lipinski definition) is 6. The lowest BCUT2D eigenvalue weighted by Crippen LogP contribution is -2.17. The second-order valence-electron chi connectivity index (χ2n) is 6.03. The number of hydrazone groups is 1. The van der Waals surface area contributed by atoms with E-state index in [1.165, 1.54) is 16.9 Å². The number of amides is 1. The van der Waals surface area contributed by atoms with E-state index < -0.39 is 0 Å². The number of anilines is 1. The average Bonchev–Trinajstić information content (AvgIpc) is 3.11. The van der Waals surface area contributed by atoms with Crippen molar-refractivity contribution in [3.8, 4) is 5.75 Å². The zero-order chi connectivity index (χ0) is 19.8. The number of nitrogen functional groups attached to an aromatic ring is 1. The van der Waals surface area contributed by atoms with Gasteiger partial charge in [0.1, 0.15) is 10.6 Å². The van der Waals surface area contributed by atoms with Crippen LogP contribution in [0.3, 0.4) is 0 Å². The zero-order valence-electron chi connectivity index (χ0n) is 15.6. The van der Waals surface area contributed by atoms with Gasteiger partial charge in [-0.15, -0.1) is 0 Å². The van der Waals surface area contributed by atoms with E-state index >= 15 is 0 Å². The Morgan fingerprint density at radius 1 is 1.21 bits per heavy atom. The van der Waals surface area contributed by atoms with Crippen LogP contribution in [0.1, 0.15) is 33.4 Å². The SMILES string of the molecule is CCc1nc(N)sc1C(=O)NN=Cc1ccc(OCCc2ccccc2)cc1. The number of nitrogens with one attached hydrogen (secondary N) is 1. The molecule has 3 rings (SSSR count). The van der Waals surface area contributed by atoms with Crippen LogP contribution in [-0.2, 0) is 12.8 Å². The molecule has 0 atom stereocenters. The third-order valence-electron chi connectivity index (χ3n) is 4.02. The monoisotopic (exact) mass is 394 g/mol. The van der Waals surface area contributed by atoms with Crippen molar-refractivity contribution in [2.24, 2.45) is 5.10 Å².